The molecule has 112 valence electrons. The molecule has 0 aliphatic heterocycles. The SMILES string of the molecule is CCCNC(c1cncc(OCC)c1)C1CCCC1C. The standard InChI is InChI=1S/C17H28N2O/c1-4-9-19-17(16-8-6-7-13(16)3)14-10-15(20-5-2)12-18-11-14/h10-13,16-17,19H,4-9H2,1-3H3. The molecule has 0 saturated heterocycles. The molecule has 0 aromatic carbocycles. The maximum atomic E-state index is 5.60. The first-order chi connectivity index (χ1) is 9.76. The van der Waals surface area contributed by atoms with Gasteiger partial charge in [0.25, 0.3) is 0 Å². The van der Waals surface area contributed by atoms with Gasteiger partial charge in [-0.3, -0.25) is 4.98 Å². The minimum Gasteiger partial charge on any atom is -0.492 e. The molecule has 3 atom stereocenters. The van der Waals surface area contributed by atoms with E-state index in [-0.39, 0.29) is 0 Å². The van der Waals surface area contributed by atoms with Crippen LogP contribution in [0.5, 0.6) is 5.75 Å². The average molecular weight is 276 g/mol. The van der Waals surface area contributed by atoms with E-state index >= 15 is 0 Å². The lowest BCUT2D eigenvalue weighted by Crippen LogP contribution is -2.30. The Morgan fingerprint density at radius 2 is 2.20 bits per heavy atom. The quantitative estimate of drug-likeness (QED) is 0.818. The van der Waals surface area contributed by atoms with Crippen LogP contribution in [0.3, 0.4) is 0 Å². The summed E-state index contributed by atoms with van der Waals surface area (Å²) in [6.45, 7) is 8.37. The number of pyridine rings is 1. The first-order valence-electron chi connectivity index (χ1n) is 8.07. The summed E-state index contributed by atoms with van der Waals surface area (Å²) >= 11 is 0. The van der Waals surface area contributed by atoms with Gasteiger partial charge in [0, 0.05) is 12.2 Å². The van der Waals surface area contributed by atoms with Crippen LogP contribution in [0, 0.1) is 11.8 Å². The van der Waals surface area contributed by atoms with Gasteiger partial charge in [0.1, 0.15) is 5.75 Å². The van der Waals surface area contributed by atoms with Crippen molar-refractivity contribution in [3.05, 3.63) is 24.0 Å². The van der Waals surface area contributed by atoms with E-state index in [1.54, 1.807) is 0 Å². The predicted octanol–water partition coefficient (Wildman–Crippen LogP) is 3.96. The Morgan fingerprint density at radius 3 is 2.85 bits per heavy atom. The highest BCUT2D eigenvalue weighted by Gasteiger charge is 2.31. The lowest BCUT2D eigenvalue weighted by molar-refractivity contribution is 0.298. The molecule has 0 spiro atoms. The highest BCUT2D eigenvalue weighted by molar-refractivity contribution is 5.27. The molecule has 0 amide bonds. The number of ether oxygens (including phenoxy) is 1. The van der Waals surface area contributed by atoms with Crippen LogP contribution in [0.1, 0.15) is 58.1 Å². The van der Waals surface area contributed by atoms with Gasteiger partial charge in [-0.2, -0.15) is 0 Å². The van der Waals surface area contributed by atoms with Gasteiger partial charge in [-0.1, -0.05) is 26.7 Å². The molecule has 20 heavy (non-hydrogen) atoms. The Labute approximate surface area is 123 Å². The summed E-state index contributed by atoms with van der Waals surface area (Å²) in [7, 11) is 0. The Hall–Kier alpha value is -1.09. The molecule has 1 fully saturated rings. The fraction of sp³-hybridized carbons (Fsp3) is 0.706. The van der Waals surface area contributed by atoms with Crippen LogP contribution >= 0.6 is 0 Å². The Kier molecular flexibility index (Phi) is 5.84. The summed E-state index contributed by atoms with van der Waals surface area (Å²) in [6, 6.07) is 2.58. The van der Waals surface area contributed by atoms with Crippen molar-refractivity contribution in [1.82, 2.24) is 10.3 Å². The summed E-state index contributed by atoms with van der Waals surface area (Å²) in [5.74, 6) is 2.40. The maximum absolute atomic E-state index is 5.60. The van der Waals surface area contributed by atoms with Crippen molar-refractivity contribution in [1.29, 1.82) is 0 Å². The summed E-state index contributed by atoms with van der Waals surface area (Å²) in [4.78, 5) is 4.36. The van der Waals surface area contributed by atoms with Crippen molar-refractivity contribution in [3.63, 3.8) is 0 Å². The smallest absolute Gasteiger partial charge is 0.137 e. The zero-order valence-electron chi connectivity index (χ0n) is 13.1. The zero-order valence-corrected chi connectivity index (χ0v) is 13.1. The highest BCUT2D eigenvalue weighted by Crippen LogP contribution is 2.40. The monoisotopic (exact) mass is 276 g/mol. The first-order valence-corrected chi connectivity index (χ1v) is 8.07. The lowest BCUT2D eigenvalue weighted by Gasteiger charge is -2.28. The second kappa shape index (κ2) is 7.63. The minimum atomic E-state index is 0.417. The van der Waals surface area contributed by atoms with Gasteiger partial charge in [0.15, 0.2) is 0 Å². The van der Waals surface area contributed by atoms with E-state index in [2.05, 4.69) is 30.2 Å². The largest absolute Gasteiger partial charge is 0.492 e. The molecular formula is C17H28N2O. The van der Waals surface area contributed by atoms with Crippen LogP contribution in [-0.4, -0.2) is 18.1 Å². The van der Waals surface area contributed by atoms with Crippen LogP contribution in [0.2, 0.25) is 0 Å². The maximum Gasteiger partial charge on any atom is 0.137 e. The number of hydrogen-bond acceptors (Lipinski definition) is 3. The molecule has 3 heteroatoms. The number of rotatable bonds is 7. The summed E-state index contributed by atoms with van der Waals surface area (Å²) < 4.78 is 5.60. The molecule has 2 rings (SSSR count). The summed E-state index contributed by atoms with van der Waals surface area (Å²) in [5, 5.41) is 3.73. The van der Waals surface area contributed by atoms with Crippen LogP contribution in [0.4, 0.5) is 0 Å². The van der Waals surface area contributed by atoms with Gasteiger partial charge in [0.2, 0.25) is 0 Å². The van der Waals surface area contributed by atoms with Crippen LogP contribution in [-0.2, 0) is 0 Å². The van der Waals surface area contributed by atoms with E-state index in [1.165, 1.54) is 24.8 Å². The number of aromatic nitrogens is 1. The van der Waals surface area contributed by atoms with Gasteiger partial charge >= 0.3 is 0 Å². The van der Waals surface area contributed by atoms with Crippen molar-refractivity contribution >= 4 is 0 Å². The molecule has 1 aromatic heterocycles. The molecule has 3 unspecified atom stereocenters. The van der Waals surface area contributed by atoms with Gasteiger partial charge in [0.05, 0.1) is 12.8 Å². The van der Waals surface area contributed by atoms with Crippen LogP contribution in [0.15, 0.2) is 18.5 Å². The zero-order chi connectivity index (χ0) is 14.4. The Bertz CT molecular complexity index is 408. The predicted molar refractivity (Wildman–Crippen MR) is 82.9 cm³/mol. The van der Waals surface area contributed by atoms with E-state index in [0.29, 0.717) is 12.6 Å². The Balaban J connectivity index is 2.18. The van der Waals surface area contributed by atoms with E-state index in [4.69, 9.17) is 4.74 Å². The van der Waals surface area contributed by atoms with E-state index < -0.39 is 0 Å². The minimum absolute atomic E-state index is 0.417. The number of nitrogens with one attached hydrogen (secondary N) is 1. The first kappa shape index (κ1) is 15.3. The number of nitrogens with zero attached hydrogens (tertiary/aromatic N) is 1. The molecule has 1 heterocycles. The molecular weight excluding hydrogens is 248 g/mol. The van der Waals surface area contributed by atoms with Crippen molar-refractivity contribution in [3.8, 4) is 5.75 Å². The third-order valence-electron chi connectivity index (χ3n) is 4.37. The fourth-order valence-corrected chi connectivity index (χ4v) is 3.34. The number of hydrogen-bond donors (Lipinski definition) is 1. The third kappa shape index (κ3) is 3.72. The van der Waals surface area contributed by atoms with Gasteiger partial charge < -0.3 is 10.1 Å². The van der Waals surface area contributed by atoms with Gasteiger partial charge in [-0.05, 0) is 49.8 Å². The van der Waals surface area contributed by atoms with E-state index in [0.717, 1.165) is 30.6 Å². The molecule has 0 radical (unpaired) electrons. The van der Waals surface area contributed by atoms with E-state index in [1.807, 2.05) is 19.3 Å². The second-order valence-corrected chi connectivity index (χ2v) is 5.89. The van der Waals surface area contributed by atoms with E-state index in [9.17, 15) is 0 Å². The van der Waals surface area contributed by atoms with Crippen molar-refractivity contribution in [2.45, 2.75) is 52.5 Å². The van der Waals surface area contributed by atoms with Gasteiger partial charge in [-0.25, -0.2) is 0 Å². The average Bonchev–Trinajstić information content (AvgIpc) is 2.87. The summed E-state index contributed by atoms with van der Waals surface area (Å²) in [6.07, 6.45) is 9.00. The fourth-order valence-electron chi connectivity index (χ4n) is 3.34. The van der Waals surface area contributed by atoms with Crippen LogP contribution < -0.4 is 10.1 Å². The molecule has 3 nitrogen and oxygen atoms in total. The molecule has 1 saturated carbocycles. The molecule has 1 aliphatic rings. The molecule has 1 N–H and O–H groups in total. The van der Waals surface area contributed by atoms with Crippen LogP contribution in [0.25, 0.3) is 0 Å². The molecule has 1 aromatic rings. The lowest BCUT2D eigenvalue weighted by atomic mass is 9.86. The highest BCUT2D eigenvalue weighted by atomic mass is 16.5. The van der Waals surface area contributed by atoms with Crippen molar-refractivity contribution in [2.75, 3.05) is 13.2 Å². The van der Waals surface area contributed by atoms with Crippen molar-refractivity contribution < 1.29 is 4.74 Å². The summed E-state index contributed by atoms with van der Waals surface area (Å²) in [5.41, 5.74) is 1.28. The third-order valence-corrected chi connectivity index (χ3v) is 4.37. The van der Waals surface area contributed by atoms with Crippen molar-refractivity contribution in [2.24, 2.45) is 11.8 Å². The van der Waals surface area contributed by atoms with Gasteiger partial charge in [-0.15, -0.1) is 0 Å². The second-order valence-electron chi connectivity index (χ2n) is 5.89. The topological polar surface area (TPSA) is 34.2 Å². The normalized spacial score (nSPS) is 23.8. The molecule has 0 bridgehead atoms. The Morgan fingerprint density at radius 1 is 1.35 bits per heavy atom. The molecule has 1 aliphatic carbocycles.